The fourth-order valence-corrected chi connectivity index (χ4v) is 1.92. The number of phenols is 2. The lowest BCUT2D eigenvalue weighted by Gasteiger charge is -2.09. The first kappa shape index (κ1) is 12.9. The molecule has 2 aromatic carbocycles. The monoisotopic (exact) mass is 283 g/mol. The minimum Gasteiger partial charge on any atom is -0.504 e. The Bertz CT molecular complexity index is 743. The number of tetrazole rings is 1. The normalized spacial score (nSPS) is 10.5. The highest BCUT2D eigenvalue weighted by atomic mass is 16.3. The summed E-state index contributed by atoms with van der Waals surface area (Å²) < 4.78 is 1.57. The highest BCUT2D eigenvalue weighted by molar-refractivity contribution is 5.51. The molecule has 0 aliphatic rings. The second-order valence-corrected chi connectivity index (χ2v) is 4.48. The molecule has 3 N–H and O–H groups in total. The zero-order chi connectivity index (χ0) is 14.7. The Morgan fingerprint density at radius 2 is 1.95 bits per heavy atom. The summed E-state index contributed by atoms with van der Waals surface area (Å²) >= 11 is 0. The third-order valence-corrected chi connectivity index (χ3v) is 3.00. The molecule has 0 aliphatic carbocycles. The molecule has 0 atom stereocenters. The first-order valence-electron chi connectivity index (χ1n) is 6.30. The molecule has 1 heterocycles. The molecule has 0 bridgehead atoms. The summed E-state index contributed by atoms with van der Waals surface area (Å²) in [5, 5.41) is 33.0. The maximum atomic E-state index is 9.46. The Morgan fingerprint density at radius 1 is 1.05 bits per heavy atom. The van der Waals surface area contributed by atoms with Gasteiger partial charge in [-0.3, -0.25) is 0 Å². The number of phenolic OH excluding ortho intramolecular Hbond substituents is 2. The van der Waals surface area contributed by atoms with Crippen LogP contribution < -0.4 is 5.32 Å². The van der Waals surface area contributed by atoms with Crippen LogP contribution in [0.1, 0.15) is 5.56 Å². The topological polar surface area (TPSA) is 96.1 Å². The maximum absolute atomic E-state index is 9.46. The number of anilines is 1. The minimum absolute atomic E-state index is 0.126. The summed E-state index contributed by atoms with van der Waals surface area (Å²) in [6.07, 6.45) is 1.52. The summed E-state index contributed by atoms with van der Waals surface area (Å²) in [6, 6.07) is 12.4. The van der Waals surface area contributed by atoms with Crippen LogP contribution in [0.2, 0.25) is 0 Å². The lowest BCUT2D eigenvalue weighted by atomic mass is 10.2. The van der Waals surface area contributed by atoms with Gasteiger partial charge < -0.3 is 15.5 Å². The molecule has 1 aromatic heterocycles. The fourth-order valence-electron chi connectivity index (χ4n) is 1.92. The Labute approximate surface area is 120 Å². The van der Waals surface area contributed by atoms with Crippen LogP contribution in [0.3, 0.4) is 0 Å². The molecule has 0 amide bonds. The van der Waals surface area contributed by atoms with Crippen LogP contribution in [0.5, 0.6) is 11.5 Å². The number of hydrogen-bond acceptors (Lipinski definition) is 6. The molecule has 0 radical (unpaired) electrons. The summed E-state index contributed by atoms with van der Waals surface area (Å²) in [7, 11) is 0. The molecule has 3 aromatic rings. The van der Waals surface area contributed by atoms with E-state index in [0.717, 1.165) is 16.9 Å². The zero-order valence-electron chi connectivity index (χ0n) is 11.0. The van der Waals surface area contributed by atoms with Gasteiger partial charge in [0, 0.05) is 12.2 Å². The van der Waals surface area contributed by atoms with Crippen molar-refractivity contribution in [3.05, 3.63) is 54.4 Å². The van der Waals surface area contributed by atoms with Crippen LogP contribution in [0.25, 0.3) is 5.69 Å². The molecule has 0 fully saturated rings. The summed E-state index contributed by atoms with van der Waals surface area (Å²) in [5.41, 5.74) is 2.60. The van der Waals surface area contributed by atoms with Crippen molar-refractivity contribution >= 4 is 5.69 Å². The molecular formula is C14H13N5O2. The van der Waals surface area contributed by atoms with Crippen LogP contribution in [0.4, 0.5) is 5.69 Å². The van der Waals surface area contributed by atoms with Crippen molar-refractivity contribution in [3.8, 4) is 17.2 Å². The fraction of sp³-hybridized carbons (Fsp3) is 0.0714. The van der Waals surface area contributed by atoms with Gasteiger partial charge in [-0.15, -0.1) is 5.10 Å². The van der Waals surface area contributed by atoms with Gasteiger partial charge in [-0.2, -0.15) is 0 Å². The Morgan fingerprint density at radius 3 is 2.71 bits per heavy atom. The van der Waals surface area contributed by atoms with E-state index in [4.69, 9.17) is 0 Å². The molecule has 0 spiro atoms. The van der Waals surface area contributed by atoms with Gasteiger partial charge in [-0.25, -0.2) is 4.68 Å². The predicted octanol–water partition coefficient (Wildman–Crippen LogP) is 1.69. The average Bonchev–Trinajstić information content (AvgIpc) is 3.03. The lowest BCUT2D eigenvalue weighted by Crippen LogP contribution is -2.01. The predicted molar refractivity (Wildman–Crippen MR) is 76.3 cm³/mol. The standard InChI is InChI=1S/C14H13N5O2/c20-13-5-4-10(6-14(13)21)8-15-11-2-1-3-12(7-11)19-9-16-17-18-19/h1-7,9,15,20-21H,8H2. The van der Waals surface area contributed by atoms with Crippen LogP contribution in [0.15, 0.2) is 48.8 Å². The number of hydrogen-bond donors (Lipinski definition) is 3. The molecule has 0 saturated heterocycles. The van der Waals surface area contributed by atoms with Gasteiger partial charge in [-0.1, -0.05) is 12.1 Å². The van der Waals surface area contributed by atoms with Gasteiger partial charge in [0.25, 0.3) is 0 Å². The first-order chi connectivity index (χ1) is 10.2. The zero-order valence-corrected chi connectivity index (χ0v) is 11.0. The van der Waals surface area contributed by atoms with E-state index in [9.17, 15) is 10.2 Å². The molecule has 21 heavy (non-hydrogen) atoms. The minimum atomic E-state index is -0.128. The summed E-state index contributed by atoms with van der Waals surface area (Å²) in [4.78, 5) is 0. The second kappa shape index (κ2) is 5.49. The molecule has 7 nitrogen and oxygen atoms in total. The van der Waals surface area contributed by atoms with E-state index in [0.29, 0.717) is 6.54 Å². The van der Waals surface area contributed by atoms with Crippen molar-refractivity contribution in [2.75, 3.05) is 5.32 Å². The van der Waals surface area contributed by atoms with Crippen LogP contribution in [0, 0.1) is 0 Å². The molecule has 106 valence electrons. The van der Waals surface area contributed by atoms with E-state index >= 15 is 0 Å². The molecule has 0 aliphatic heterocycles. The first-order valence-corrected chi connectivity index (χ1v) is 6.30. The van der Waals surface area contributed by atoms with Gasteiger partial charge in [0.1, 0.15) is 6.33 Å². The van der Waals surface area contributed by atoms with Gasteiger partial charge in [0.15, 0.2) is 11.5 Å². The van der Waals surface area contributed by atoms with E-state index in [1.165, 1.54) is 18.5 Å². The van der Waals surface area contributed by atoms with E-state index < -0.39 is 0 Å². The number of nitrogens with zero attached hydrogens (tertiary/aromatic N) is 4. The quantitative estimate of drug-likeness (QED) is 0.630. The summed E-state index contributed by atoms with van der Waals surface area (Å²) in [6.45, 7) is 0.521. The third kappa shape index (κ3) is 2.92. The summed E-state index contributed by atoms with van der Waals surface area (Å²) in [5.74, 6) is -0.254. The number of aromatic nitrogens is 4. The largest absolute Gasteiger partial charge is 0.504 e. The number of benzene rings is 2. The maximum Gasteiger partial charge on any atom is 0.157 e. The number of aromatic hydroxyl groups is 2. The van der Waals surface area contributed by atoms with Crippen molar-refractivity contribution in [1.82, 2.24) is 20.2 Å². The van der Waals surface area contributed by atoms with Crippen molar-refractivity contribution < 1.29 is 10.2 Å². The van der Waals surface area contributed by atoms with Gasteiger partial charge >= 0.3 is 0 Å². The van der Waals surface area contributed by atoms with E-state index in [2.05, 4.69) is 20.8 Å². The van der Waals surface area contributed by atoms with E-state index in [-0.39, 0.29) is 11.5 Å². The molecular weight excluding hydrogens is 270 g/mol. The molecule has 0 saturated carbocycles. The van der Waals surface area contributed by atoms with Crippen LogP contribution in [-0.4, -0.2) is 30.4 Å². The SMILES string of the molecule is Oc1ccc(CNc2cccc(-n3cnnn3)c2)cc1O. The van der Waals surface area contributed by atoms with Crippen molar-refractivity contribution in [3.63, 3.8) is 0 Å². The van der Waals surface area contributed by atoms with Crippen LogP contribution in [-0.2, 0) is 6.54 Å². The molecule has 7 heteroatoms. The van der Waals surface area contributed by atoms with Crippen molar-refractivity contribution in [2.45, 2.75) is 6.54 Å². The van der Waals surface area contributed by atoms with Crippen LogP contribution >= 0.6 is 0 Å². The van der Waals surface area contributed by atoms with Gasteiger partial charge in [0.2, 0.25) is 0 Å². The lowest BCUT2D eigenvalue weighted by molar-refractivity contribution is 0.403. The van der Waals surface area contributed by atoms with Gasteiger partial charge in [-0.05, 0) is 46.3 Å². The Kier molecular flexibility index (Phi) is 3.38. The average molecular weight is 283 g/mol. The van der Waals surface area contributed by atoms with Gasteiger partial charge in [0.05, 0.1) is 5.69 Å². The second-order valence-electron chi connectivity index (χ2n) is 4.48. The number of nitrogens with one attached hydrogen (secondary N) is 1. The number of rotatable bonds is 4. The van der Waals surface area contributed by atoms with Crippen molar-refractivity contribution in [2.24, 2.45) is 0 Å². The Hall–Kier alpha value is -3.09. The van der Waals surface area contributed by atoms with Crippen molar-refractivity contribution in [1.29, 1.82) is 0 Å². The molecule has 3 rings (SSSR count). The molecule has 0 unspecified atom stereocenters. The smallest absolute Gasteiger partial charge is 0.157 e. The third-order valence-electron chi connectivity index (χ3n) is 3.00. The highest BCUT2D eigenvalue weighted by Crippen LogP contribution is 2.25. The van der Waals surface area contributed by atoms with E-state index in [1.807, 2.05) is 24.3 Å². The Balaban J connectivity index is 1.73. The highest BCUT2D eigenvalue weighted by Gasteiger charge is 2.02. The van der Waals surface area contributed by atoms with E-state index in [1.54, 1.807) is 10.7 Å².